The minimum absolute atomic E-state index is 0.0694. The van der Waals surface area contributed by atoms with Gasteiger partial charge in [-0.05, 0) is 55.7 Å². The molecule has 3 aromatic heterocycles. The number of pyridine rings is 1. The predicted octanol–water partition coefficient (Wildman–Crippen LogP) is 5.49. The van der Waals surface area contributed by atoms with Crippen LogP contribution in [0.1, 0.15) is 47.1 Å². The van der Waals surface area contributed by atoms with Crippen LogP contribution < -0.4 is 0 Å². The highest BCUT2D eigenvalue weighted by molar-refractivity contribution is 7.99. The first-order valence-electron chi connectivity index (χ1n) is 11.7. The quantitative estimate of drug-likeness (QED) is 0.217. The van der Waals surface area contributed by atoms with E-state index in [1.54, 1.807) is 19.5 Å². The smallest absolute Gasteiger partial charge is 0.192 e. The largest absolute Gasteiger partial charge is 0.383 e. The van der Waals surface area contributed by atoms with Gasteiger partial charge in [-0.1, -0.05) is 37.7 Å². The van der Waals surface area contributed by atoms with Gasteiger partial charge in [-0.3, -0.25) is 14.3 Å². The maximum Gasteiger partial charge on any atom is 0.192 e. The Labute approximate surface area is 210 Å². The maximum atomic E-state index is 13.3. The normalized spacial score (nSPS) is 11.4. The summed E-state index contributed by atoms with van der Waals surface area (Å²) in [6.07, 6.45) is 3.46. The zero-order valence-electron chi connectivity index (χ0n) is 20.9. The molecule has 3 heterocycles. The van der Waals surface area contributed by atoms with Gasteiger partial charge < -0.3 is 9.30 Å². The number of Topliss-reactive ketones (excluding diaryl/α,β-unsaturated/α-hetero) is 1. The van der Waals surface area contributed by atoms with Crippen LogP contribution in [0, 0.1) is 13.8 Å². The number of hydrogen-bond acceptors (Lipinski definition) is 6. The van der Waals surface area contributed by atoms with Gasteiger partial charge >= 0.3 is 0 Å². The number of nitrogens with zero attached hydrogens (tertiary/aromatic N) is 5. The number of thioether (sulfide) groups is 1. The summed E-state index contributed by atoms with van der Waals surface area (Å²) in [5.41, 5.74) is 6.01. The molecule has 0 radical (unpaired) electrons. The van der Waals surface area contributed by atoms with Crippen molar-refractivity contribution in [2.75, 3.05) is 19.5 Å². The van der Waals surface area contributed by atoms with Crippen molar-refractivity contribution < 1.29 is 9.53 Å². The zero-order valence-corrected chi connectivity index (χ0v) is 21.7. The summed E-state index contributed by atoms with van der Waals surface area (Å²) in [4.78, 5) is 17.3. The lowest BCUT2D eigenvalue weighted by molar-refractivity contribution is 0.102. The van der Waals surface area contributed by atoms with E-state index in [4.69, 9.17) is 4.74 Å². The van der Waals surface area contributed by atoms with E-state index in [2.05, 4.69) is 57.9 Å². The van der Waals surface area contributed by atoms with E-state index in [9.17, 15) is 4.79 Å². The third-order valence-corrected chi connectivity index (χ3v) is 7.02. The molecule has 35 heavy (non-hydrogen) atoms. The molecular weight excluding hydrogens is 458 g/mol. The first kappa shape index (κ1) is 24.9. The van der Waals surface area contributed by atoms with E-state index < -0.39 is 0 Å². The molecule has 1 aromatic carbocycles. The fraction of sp³-hybridized carbons (Fsp3) is 0.333. The Morgan fingerprint density at radius 2 is 1.77 bits per heavy atom. The van der Waals surface area contributed by atoms with E-state index >= 15 is 0 Å². The van der Waals surface area contributed by atoms with Crippen LogP contribution in [0.2, 0.25) is 0 Å². The second-order valence-corrected chi connectivity index (χ2v) is 9.71. The summed E-state index contributed by atoms with van der Waals surface area (Å²) in [7, 11) is 1.67. The van der Waals surface area contributed by atoms with Crippen LogP contribution in [0.15, 0.2) is 60.0 Å². The minimum atomic E-state index is 0.0694. The molecule has 182 valence electrons. The van der Waals surface area contributed by atoms with Crippen molar-refractivity contribution in [1.82, 2.24) is 24.3 Å². The molecule has 0 aliphatic carbocycles. The van der Waals surface area contributed by atoms with Crippen LogP contribution in [-0.4, -0.2) is 49.6 Å². The van der Waals surface area contributed by atoms with Gasteiger partial charge in [0.2, 0.25) is 0 Å². The maximum absolute atomic E-state index is 13.3. The Bertz CT molecular complexity index is 1290. The summed E-state index contributed by atoms with van der Waals surface area (Å²) < 4.78 is 9.42. The fourth-order valence-electron chi connectivity index (χ4n) is 4.15. The lowest BCUT2D eigenvalue weighted by Crippen LogP contribution is -2.10. The SMILES string of the molecule is COCCn1c(SCC(=O)c2cc(C)n(-c3ccc(C(C)C)cc3)c2C)nnc1-c1ccncc1. The molecular formula is C27H31N5O2S. The van der Waals surface area contributed by atoms with Gasteiger partial charge in [-0.2, -0.15) is 0 Å². The molecule has 7 nitrogen and oxygen atoms in total. The molecule has 8 heteroatoms. The minimum Gasteiger partial charge on any atom is -0.383 e. The third-order valence-electron chi connectivity index (χ3n) is 6.06. The highest BCUT2D eigenvalue weighted by atomic mass is 32.2. The van der Waals surface area contributed by atoms with E-state index in [1.807, 2.05) is 36.6 Å². The zero-order chi connectivity index (χ0) is 24.9. The van der Waals surface area contributed by atoms with E-state index in [0.717, 1.165) is 34.0 Å². The molecule has 0 saturated carbocycles. The Kier molecular flexibility index (Phi) is 7.83. The van der Waals surface area contributed by atoms with Crippen molar-refractivity contribution in [3.8, 4) is 17.1 Å². The van der Waals surface area contributed by atoms with Gasteiger partial charge in [0, 0.05) is 47.7 Å². The van der Waals surface area contributed by atoms with Crippen molar-refractivity contribution in [3.63, 3.8) is 0 Å². The molecule has 0 fully saturated rings. The number of methoxy groups -OCH3 is 1. The van der Waals surface area contributed by atoms with Crippen molar-refractivity contribution in [2.45, 2.75) is 45.3 Å². The van der Waals surface area contributed by atoms with Gasteiger partial charge in [0.25, 0.3) is 0 Å². The van der Waals surface area contributed by atoms with Crippen LogP contribution in [0.25, 0.3) is 17.1 Å². The molecule has 0 aliphatic heterocycles. The Morgan fingerprint density at radius 3 is 2.43 bits per heavy atom. The Hall–Kier alpha value is -3.23. The average Bonchev–Trinajstić information content (AvgIpc) is 3.41. The number of ketones is 1. The van der Waals surface area contributed by atoms with Crippen LogP contribution in [0.4, 0.5) is 0 Å². The molecule has 0 aliphatic rings. The first-order chi connectivity index (χ1) is 16.9. The predicted molar refractivity (Wildman–Crippen MR) is 140 cm³/mol. The van der Waals surface area contributed by atoms with Gasteiger partial charge in [-0.25, -0.2) is 0 Å². The number of rotatable bonds is 10. The Morgan fingerprint density at radius 1 is 1.06 bits per heavy atom. The molecule has 4 aromatic rings. The fourth-order valence-corrected chi connectivity index (χ4v) is 5.00. The highest BCUT2D eigenvalue weighted by Crippen LogP contribution is 2.27. The molecule has 0 amide bonds. The second kappa shape index (κ2) is 11.0. The number of ether oxygens (including phenoxy) is 1. The monoisotopic (exact) mass is 489 g/mol. The van der Waals surface area contributed by atoms with Gasteiger partial charge in [0.15, 0.2) is 16.8 Å². The van der Waals surface area contributed by atoms with E-state index in [-0.39, 0.29) is 11.5 Å². The van der Waals surface area contributed by atoms with Crippen LogP contribution in [0.3, 0.4) is 0 Å². The third kappa shape index (κ3) is 5.39. The highest BCUT2D eigenvalue weighted by Gasteiger charge is 2.20. The lowest BCUT2D eigenvalue weighted by Gasteiger charge is -2.12. The van der Waals surface area contributed by atoms with Crippen LogP contribution in [-0.2, 0) is 11.3 Å². The van der Waals surface area contributed by atoms with Crippen molar-refractivity contribution in [3.05, 3.63) is 77.4 Å². The first-order valence-corrected chi connectivity index (χ1v) is 12.7. The standard InChI is InChI=1S/C27H31N5O2S/c1-18(2)21-6-8-23(9-7-21)32-19(3)16-24(20(32)4)25(33)17-35-27-30-29-26(31(27)14-15-34-5)22-10-12-28-13-11-22/h6-13,16,18H,14-15,17H2,1-5H3. The van der Waals surface area contributed by atoms with E-state index in [0.29, 0.717) is 24.2 Å². The molecule has 0 bridgehead atoms. The molecule has 4 rings (SSSR count). The second-order valence-electron chi connectivity index (χ2n) is 8.76. The summed E-state index contributed by atoms with van der Waals surface area (Å²) >= 11 is 1.40. The number of carbonyl (C=O) groups is 1. The summed E-state index contributed by atoms with van der Waals surface area (Å²) in [6, 6.07) is 14.3. The average molecular weight is 490 g/mol. The van der Waals surface area contributed by atoms with Crippen LogP contribution >= 0.6 is 11.8 Å². The van der Waals surface area contributed by atoms with Gasteiger partial charge in [-0.15, -0.1) is 10.2 Å². The lowest BCUT2D eigenvalue weighted by atomic mass is 10.0. The molecule has 0 spiro atoms. The Balaban J connectivity index is 1.54. The van der Waals surface area contributed by atoms with Crippen molar-refractivity contribution >= 4 is 17.5 Å². The van der Waals surface area contributed by atoms with Crippen LogP contribution in [0.5, 0.6) is 0 Å². The summed E-state index contributed by atoms with van der Waals surface area (Å²) in [5, 5.41) is 9.44. The summed E-state index contributed by atoms with van der Waals surface area (Å²) in [5.74, 6) is 1.57. The molecule has 0 saturated heterocycles. The van der Waals surface area contributed by atoms with Crippen molar-refractivity contribution in [2.24, 2.45) is 0 Å². The number of aromatic nitrogens is 5. The number of carbonyl (C=O) groups excluding carboxylic acids is 1. The van der Waals surface area contributed by atoms with Crippen molar-refractivity contribution in [1.29, 1.82) is 0 Å². The van der Waals surface area contributed by atoms with Gasteiger partial charge in [0.05, 0.1) is 18.9 Å². The van der Waals surface area contributed by atoms with E-state index in [1.165, 1.54) is 17.3 Å². The number of hydrogen-bond donors (Lipinski definition) is 0. The molecule has 0 unspecified atom stereocenters. The van der Waals surface area contributed by atoms with Gasteiger partial charge in [0.1, 0.15) is 0 Å². The number of benzene rings is 1. The summed E-state index contributed by atoms with van der Waals surface area (Å²) in [6.45, 7) is 9.53. The molecule has 0 atom stereocenters. The molecule has 0 N–H and O–H groups in total. The number of aryl methyl sites for hydroxylation is 1. The topological polar surface area (TPSA) is 74.8 Å².